The van der Waals surface area contributed by atoms with Crippen LogP contribution in [0.3, 0.4) is 0 Å². The summed E-state index contributed by atoms with van der Waals surface area (Å²) in [5, 5.41) is 10.2. The van der Waals surface area contributed by atoms with Crippen molar-refractivity contribution in [2.45, 2.75) is 25.4 Å². The van der Waals surface area contributed by atoms with Gasteiger partial charge in [-0.15, -0.1) is 0 Å². The lowest BCUT2D eigenvalue weighted by molar-refractivity contribution is 0.0373. The number of hydrogen-bond donors (Lipinski definition) is 1. The molecule has 2 heteroatoms. The first-order chi connectivity index (χ1) is 6.67. The van der Waals surface area contributed by atoms with Crippen LogP contribution in [-0.4, -0.2) is 18.8 Å². The molecule has 0 saturated carbocycles. The van der Waals surface area contributed by atoms with Gasteiger partial charge in [-0.05, 0) is 25.3 Å². The molecule has 1 aromatic carbocycles. The highest BCUT2D eigenvalue weighted by atomic mass is 16.5. The van der Waals surface area contributed by atoms with E-state index in [-0.39, 0.29) is 0 Å². The van der Waals surface area contributed by atoms with Crippen molar-refractivity contribution in [2.24, 2.45) is 0 Å². The topological polar surface area (TPSA) is 29.5 Å². The van der Waals surface area contributed by atoms with Crippen molar-refractivity contribution < 1.29 is 9.84 Å². The van der Waals surface area contributed by atoms with Crippen LogP contribution in [0.4, 0.5) is 0 Å². The summed E-state index contributed by atoms with van der Waals surface area (Å²) in [6, 6.07) is 9.74. The first-order valence-corrected chi connectivity index (χ1v) is 4.93. The normalized spacial score (nSPS) is 15.1. The Morgan fingerprint density at radius 1 is 1.29 bits per heavy atom. The number of benzene rings is 1. The maximum absolute atomic E-state index is 10.2. The fourth-order valence-corrected chi connectivity index (χ4v) is 1.50. The van der Waals surface area contributed by atoms with Crippen LogP contribution in [0.2, 0.25) is 0 Å². The standard InChI is InChI=1S/C12H18O2/c1-12(13,9-6-10-14-2)11-7-4-3-5-8-11/h3-5,7-8,13H,6,9-10H2,1-2H3. The minimum Gasteiger partial charge on any atom is -0.385 e. The SMILES string of the molecule is COCCCC(C)(O)c1ccccc1. The predicted octanol–water partition coefficient (Wildman–Crippen LogP) is 2.32. The van der Waals surface area contributed by atoms with Crippen molar-refractivity contribution in [3.8, 4) is 0 Å². The molecule has 0 saturated heterocycles. The van der Waals surface area contributed by atoms with E-state index in [2.05, 4.69) is 0 Å². The van der Waals surface area contributed by atoms with Crippen LogP contribution in [0.5, 0.6) is 0 Å². The Kier molecular flexibility index (Phi) is 4.11. The third kappa shape index (κ3) is 3.13. The van der Waals surface area contributed by atoms with Gasteiger partial charge in [0.05, 0.1) is 5.60 Å². The molecule has 0 aliphatic rings. The van der Waals surface area contributed by atoms with Gasteiger partial charge < -0.3 is 9.84 Å². The summed E-state index contributed by atoms with van der Waals surface area (Å²) >= 11 is 0. The maximum atomic E-state index is 10.2. The zero-order valence-electron chi connectivity index (χ0n) is 8.86. The Hall–Kier alpha value is -0.860. The average molecular weight is 194 g/mol. The number of hydrogen-bond acceptors (Lipinski definition) is 2. The first-order valence-electron chi connectivity index (χ1n) is 4.93. The van der Waals surface area contributed by atoms with Gasteiger partial charge in [-0.3, -0.25) is 0 Å². The first kappa shape index (κ1) is 11.2. The van der Waals surface area contributed by atoms with E-state index in [1.807, 2.05) is 37.3 Å². The smallest absolute Gasteiger partial charge is 0.0869 e. The Bertz CT molecular complexity index is 254. The van der Waals surface area contributed by atoms with Gasteiger partial charge in [0.15, 0.2) is 0 Å². The highest BCUT2D eigenvalue weighted by Gasteiger charge is 2.21. The van der Waals surface area contributed by atoms with Gasteiger partial charge in [0.25, 0.3) is 0 Å². The van der Waals surface area contributed by atoms with Gasteiger partial charge in [0.2, 0.25) is 0 Å². The minimum atomic E-state index is -0.736. The summed E-state index contributed by atoms with van der Waals surface area (Å²) in [4.78, 5) is 0. The summed E-state index contributed by atoms with van der Waals surface area (Å²) < 4.78 is 4.96. The van der Waals surface area contributed by atoms with Crippen LogP contribution in [0.25, 0.3) is 0 Å². The van der Waals surface area contributed by atoms with Crippen molar-refractivity contribution in [3.63, 3.8) is 0 Å². The molecule has 1 atom stereocenters. The number of aliphatic hydroxyl groups is 1. The molecule has 78 valence electrons. The van der Waals surface area contributed by atoms with Crippen LogP contribution < -0.4 is 0 Å². The Morgan fingerprint density at radius 2 is 1.93 bits per heavy atom. The van der Waals surface area contributed by atoms with E-state index in [4.69, 9.17) is 4.74 Å². The average Bonchev–Trinajstić information content (AvgIpc) is 2.19. The van der Waals surface area contributed by atoms with Crippen molar-refractivity contribution >= 4 is 0 Å². The molecule has 0 radical (unpaired) electrons. The number of methoxy groups -OCH3 is 1. The molecule has 0 aliphatic heterocycles. The third-order valence-corrected chi connectivity index (χ3v) is 2.41. The van der Waals surface area contributed by atoms with Gasteiger partial charge in [0.1, 0.15) is 0 Å². The fraction of sp³-hybridized carbons (Fsp3) is 0.500. The lowest BCUT2D eigenvalue weighted by atomic mass is 9.91. The van der Waals surface area contributed by atoms with Crippen LogP contribution in [0.1, 0.15) is 25.3 Å². The second kappa shape index (κ2) is 5.13. The lowest BCUT2D eigenvalue weighted by Crippen LogP contribution is -2.21. The summed E-state index contributed by atoms with van der Waals surface area (Å²) in [5.74, 6) is 0. The third-order valence-electron chi connectivity index (χ3n) is 2.41. The Balaban J connectivity index is 2.56. The molecule has 0 amide bonds. The van der Waals surface area contributed by atoms with E-state index in [9.17, 15) is 5.11 Å². The van der Waals surface area contributed by atoms with E-state index in [0.29, 0.717) is 6.61 Å². The van der Waals surface area contributed by atoms with Crippen molar-refractivity contribution in [2.75, 3.05) is 13.7 Å². The zero-order valence-corrected chi connectivity index (χ0v) is 8.86. The lowest BCUT2D eigenvalue weighted by Gasteiger charge is -2.23. The molecule has 0 fully saturated rings. The molecule has 14 heavy (non-hydrogen) atoms. The van der Waals surface area contributed by atoms with Crippen molar-refractivity contribution in [1.82, 2.24) is 0 Å². The van der Waals surface area contributed by atoms with Crippen LogP contribution in [-0.2, 0) is 10.3 Å². The molecule has 1 aromatic rings. The molecular formula is C12H18O2. The van der Waals surface area contributed by atoms with E-state index in [1.54, 1.807) is 7.11 Å². The summed E-state index contributed by atoms with van der Waals surface area (Å²) in [5.41, 5.74) is 0.232. The van der Waals surface area contributed by atoms with E-state index in [1.165, 1.54) is 0 Å². The van der Waals surface area contributed by atoms with Crippen LogP contribution in [0, 0.1) is 0 Å². The molecule has 0 spiro atoms. The molecule has 0 heterocycles. The van der Waals surface area contributed by atoms with Gasteiger partial charge in [-0.25, -0.2) is 0 Å². The van der Waals surface area contributed by atoms with Crippen LogP contribution in [0.15, 0.2) is 30.3 Å². The summed E-state index contributed by atoms with van der Waals surface area (Å²) in [7, 11) is 1.68. The van der Waals surface area contributed by atoms with Gasteiger partial charge in [-0.2, -0.15) is 0 Å². The monoisotopic (exact) mass is 194 g/mol. The highest BCUT2D eigenvalue weighted by Crippen LogP contribution is 2.25. The van der Waals surface area contributed by atoms with Gasteiger partial charge >= 0.3 is 0 Å². The molecule has 1 N–H and O–H groups in total. The molecule has 0 bridgehead atoms. The van der Waals surface area contributed by atoms with E-state index >= 15 is 0 Å². The van der Waals surface area contributed by atoms with Crippen molar-refractivity contribution in [3.05, 3.63) is 35.9 Å². The van der Waals surface area contributed by atoms with Crippen LogP contribution >= 0.6 is 0 Å². The second-order valence-electron chi connectivity index (χ2n) is 3.74. The van der Waals surface area contributed by atoms with E-state index in [0.717, 1.165) is 18.4 Å². The Labute approximate surface area is 85.5 Å². The molecule has 2 nitrogen and oxygen atoms in total. The number of ether oxygens (including phenoxy) is 1. The number of rotatable bonds is 5. The molecular weight excluding hydrogens is 176 g/mol. The molecule has 0 aliphatic carbocycles. The van der Waals surface area contributed by atoms with Gasteiger partial charge in [-0.1, -0.05) is 30.3 Å². The largest absolute Gasteiger partial charge is 0.385 e. The summed E-state index contributed by atoms with van der Waals surface area (Å²) in [6.07, 6.45) is 1.60. The Morgan fingerprint density at radius 3 is 2.50 bits per heavy atom. The second-order valence-corrected chi connectivity index (χ2v) is 3.74. The summed E-state index contributed by atoms with van der Waals surface area (Å²) in [6.45, 7) is 2.54. The van der Waals surface area contributed by atoms with E-state index < -0.39 is 5.60 Å². The zero-order chi connectivity index (χ0) is 10.4. The highest BCUT2D eigenvalue weighted by molar-refractivity contribution is 5.21. The minimum absolute atomic E-state index is 0.697. The fourth-order valence-electron chi connectivity index (χ4n) is 1.50. The molecule has 1 rings (SSSR count). The van der Waals surface area contributed by atoms with Gasteiger partial charge in [0, 0.05) is 13.7 Å². The quantitative estimate of drug-likeness (QED) is 0.729. The molecule has 1 unspecified atom stereocenters. The molecule has 0 aromatic heterocycles. The predicted molar refractivity (Wildman–Crippen MR) is 57.1 cm³/mol. The van der Waals surface area contributed by atoms with Crippen molar-refractivity contribution in [1.29, 1.82) is 0 Å². The maximum Gasteiger partial charge on any atom is 0.0869 e.